The quantitative estimate of drug-likeness (QED) is 0.170. The third kappa shape index (κ3) is 5.14. The molecule has 0 spiro atoms. The van der Waals surface area contributed by atoms with Gasteiger partial charge in [0.15, 0.2) is 6.29 Å². The Hall–Kier alpha value is -3.05. The maximum absolute atomic E-state index is 13.1. The van der Waals surface area contributed by atoms with E-state index >= 15 is 0 Å². The predicted octanol–water partition coefficient (Wildman–Crippen LogP) is -1.70. The Morgan fingerprint density at radius 1 is 0.872 bits per heavy atom. The van der Waals surface area contributed by atoms with E-state index in [4.69, 9.17) is 28.1 Å². The van der Waals surface area contributed by atoms with Gasteiger partial charge in [0.1, 0.15) is 76.5 Å². The number of rotatable bonds is 6. The molecule has 39 heavy (non-hydrogen) atoms. The molecule has 9 atom stereocenters. The Bertz CT molecular complexity index is 1390. The molecular formula is C25H28O14. The lowest BCUT2D eigenvalue weighted by Gasteiger charge is -2.41. The van der Waals surface area contributed by atoms with Crippen molar-refractivity contribution >= 4 is 21.9 Å². The van der Waals surface area contributed by atoms with Crippen molar-refractivity contribution in [1.29, 1.82) is 0 Å². The molecule has 2 fully saturated rings. The number of ether oxygens (including phenoxy) is 5. The Morgan fingerprint density at radius 3 is 2.36 bits per heavy atom. The zero-order valence-corrected chi connectivity index (χ0v) is 20.5. The number of fused-ring (bicyclic) bond motifs is 2. The molecule has 0 amide bonds. The predicted molar refractivity (Wildman–Crippen MR) is 129 cm³/mol. The molecule has 0 unspecified atom stereocenters. The van der Waals surface area contributed by atoms with Gasteiger partial charge in [-0.15, -0.1) is 0 Å². The number of aromatic hydroxyl groups is 1. The van der Waals surface area contributed by atoms with Crippen LogP contribution in [0, 0.1) is 0 Å². The zero-order valence-electron chi connectivity index (χ0n) is 20.5. The Morgan fingerprint density at radius 2 is 1.62 bits per heavy atom. The van der Waals surface area contributed by atoms with Crippen molar-refractivity contribution in [2.45, 2.75) is 55.3 Å². The lowest BCUT2D eigenvalue weighted by molar-refractivity contribution is -0.307. The molecular weight excluding hydrogens is 524 g/mol. The molecule has 0 radical (unpaired) electrons. The third-order valence-electron chi connectivity index (χ3n) is 6.73. The molecule has 3 aromatic rings. The van der Waals surface area contributed by atoms with Gasteiger partial charge in [-0.2, -0.15) is 0 Å². The minimum absolute atomic E-state index is 0.0394. The van der Waals surface area contributed by atoms with Gasteiger partial charge in [0.2, 0.25) is 11.7 Å². The topological polar surface area (TPSA) is 218 Å². The summed E-state index contributed by atoms with van der Waals surface area (Å²) in [5.74, 6) is -0.00694. The van der Waals surface area contributed by atoms with Gasteiger partial charge in [-0.05, 0) is 18.2 Å². The molecule has 14 heteroatoms. The highest BCUT2D eigenvalue weighted by molar-refractivity contribution is 5.94. The standard InChI is InChI=1S/C25H28O14/c1-34-10-5-12(26)17-15(6-10)38-14-3-2-9(4-11(14)18(17)28)37-25-23(33)21(31)20(30)16(39-25)8-36-24-22(32)19(29)13(27)7-35-24/h2-6,13,16,19-27,29-33H,7-8H2,1H3/t13-,16-,19+,20-,21+,22-,23-,24+,25+/m1/s1. The van der Waals surface area contributed by atoms with Crippen molar-refractivity contribution in [1.82, 2.24) is 0 Å². The number of hydrogen-bond acceptors (Lipinski definition) is 14. The Labute approximate surface area is 219 Å². The van der Waals surface area contributed by atoms with Crippen molar-refractivity contribution in [2.75, 3.05) is 20.3 Å². The second-order valence-electron chi connectivity index (χ2n) is 9.32. The van der Waals surface area contributed by atoms with Gasteiger partial charge < -0.3 is 63.8 Å². The molecule has 2 saturated heterocycles. The molecule has 0 saturated carbocycles. The second-order valence-corrected chi connectivity index (χ2v) is 9.32. The van der Waals surface area contributed by atoms with Crippen molar-refractivity contribution < 1.29 is 63.8 Å². The van der Waals surface area contributed by atoms with Crippen LogP contribution in [0.2, 0.25) is 0 Å². The number of hydrogen-bond donors (Lipinski definition) is 7. The van der Waals surface area contributed by atoms with E-state index in [-0.39, 0.29) is 40.0 Å². The smallest absolute Gasteiger partial charge is 0.229 e. The molecule has 2 aliphatic heterocycles. The summed E-state index contributed by atoms with van der Waals surface area (Å²) in [4.78, 5) is 13.1. The highest BCUT2D eigenvalue weighted by Gasteiger charge is 2.46. The summed E-state index contributed by atoms with van der Waals surface area (Å²) in [6.45, 7) is -0.758. The highest BCUT2D eigenvalue weighted by Crippen LogP contribution is 2.32. The number of benzene rings is 2. The van der Waals surface area contributed by atoms with Crippen LogP contribution in [0.5, 0.6) is 17.2 Å². The zero-order chi connectivity index (χ0) is 28.0. The van der Waals surface area contributed by atoms with E-state index in [1.165, 1.54) is 37.4 Å². The van der Waals surface area contributed by atoms with Crippen LogP contribution < -0.4 is 14.9 Å². The van der Waals surface area contributed by atoms with Crippen molar-refractivity contribution in [3.8, 4) is 17.2 Å². The van der Waals surface area contributed by atoms with Gasteiger partial charge in [-0.25, -0.2) is 0 Å². The minimum atomic E-state index is -1.72. The highest BCUT2D eigenvalue weighted by atomic mass is 16.7. The van der Waals surface area contributed by atoms with Gasteiger partial charge in [0.05, 0.1) is 25.7 Å². The van der Waals surface area contributed by atoms with Crippen LogP contribution in [0.3, 0.4) is 0 Å². The molecule has 2 aliphatic rings. The largest absolute Gasteiger partial charge is 0.507 e. The molecule has 7 N–H and O–H groups in total. The van der Waals surface area contributed by atoms with Gasteiger partial charge in [0, 0.05) is 12.1 Å². The maximum atomic E-state index is 13.1. The van der Waals surface area contributed by atoms with Gasteiger partial charge in [-0.1, -0.05) is 0 Å². The Balaban J connectivity index is 1.35. The molecule has 14 nitrogen and oxygen atoms in total. The van der Waals surface area contributed by atoms with Crippen molar-refractivity contribution in [2.24, 2.45) is 0 Å². The summed E-state index contributed by atoms with van der Waals surface area (Å²) in [5.41, 5.74) is -0.266. The summed E-state index contributed by atoms with van der Waals surface area (Å²) >= 11 is 0. The maximum Gasteiger partial charge on any atom is 0.229 e. The number of phenolic OH excluding ortho intramolecular Hbond substituents is 1. The van der Waals surface area contributed by atoms with Crippen LogP contribution >= 0.6 is 0 Å². The third-order valence-corrected chi connectivity index (χ3v) is 6.73. The van der Waals surface area contributed by atoms with Crippen molar-refractivity contribution in [3.05, 3.63) is 40.6 Å². The van der Waals surface area contributed by atoms with E-state index in [0.717, 1.165) is 0 Å². The summed E-state index contributed by atoms with van der Waals surface area (Å²) in [6.07, 6.45) is -13.6. The monoisotopic (exact) mass is 552 g/mol. The number of aliphatic hydroxyl groups is 6. The first-order valence-electron chi connectivity index (χ1n) is 12.0. The average molecular weight is 552 g/mol. The number of aliphatic hydroxyl groups excluding tert-OH is 6. The molecule has 2 aromatic carbocycles. The first-order chi connectivity index (χ1) is 18.6. The van der Waals surface area contributed by atoms with Crippen LogP contribution in [-0.2, 0) is 14.2 Å². The fraction of sp³-hybridized carbons (Fsp3) is 0.480. The second kappa shape index (κ2) is 10.8. The van der Waals surface area contributed by atoms with Gasteiger partial charge in [-0.3, -0.25) is 4.79 Å². The SMILES string of the molecule is COc1cc(O)c2c(=O)c3cc(O[C@H]4O[C@H](CO[C@@H]5OC[C@@H](O)[C@H](O)[C@H]5O)[C@@H](O)[C@H](O)[C@H]4O)ccc3oc2c1. The normalized spacial score (nSPS) is 33.4. The van der Waals surface area contributed by atoms with E-state index in [1.54, 1.807) is 0 Å². The minimum Gasteiger partial charge on any atom is -0.507 e. The molecule has 3 heterocycles. The molecule has 5 rings (SSSR count). The molecule has 212 valence electrons. The fourth-order valence-electron chi connectivity index (χ4n) is 4.51. The summed E-state index contributed by atoms with van der Waals surface area (Å²) < 4.78 is 32.7. The number of methoxy groups -OCH3 is 1. The van der Waals surface area contributed by atoms with Crippen molar-refractivity contribution in [3.63, 3.8) is 0 Å². The van der Waals surface area contributed by atoms with Gasteiger partial charge >= 0.3 is 0 Å². The summed E-state index contributed by atoms with van der Waals surface area (Å²) in [5, 5.41) is 70.9. The van der Waals surface area contributed by atoms with E-state index < -0.39 is 67.3 Å². The van der Waals surface area contributed by atoms with E-state index in [9.17, 15) is 40.5 Å². The summed E-state index contributed by atoms with van der Waals surface area (Å²) in [6, 6.07) is 6.90. The molecule has 0 aliphatic carbocycles. The average Bonchev–Trinajstić information content (AvgIpc) is 2.92. The van der Waals surface area contributed by atoms with Crippen LogP contribution in [0.25, 0.3) is 21.9 Å². The Kier molecular flexibility index (Phi) is 7.65. The lowest BCUT2D eigenvalue weighted by atomic mass is 9.99. The molecule has 0 bridgehead atoms. The van der Waals surface area contributed by atoms with E-state index in [2.05, 4.69) is 0 Å². The first kappa shape index (κ1) is 27.5. The van der Waals surface area contributed by atoms with Gasteiger partial charge in [0.25, 0.3) is 0 Å². The fourth-order valence-corrected chi connectivity index (χ4v) is 4.51. The van der Waals surface area contributed by atoms with Crippen LogP contribution in [0.15, 0.2) is 39.5 Å². The first-order valence-corrected chi connectivity index (χ1v) is 12.0. The van der Waals surface area contributed by atoms with Crippen LogP contribution in [-0.4, -0.2) is 111 Å². The van der Waals surface area contributed by atoms with Crippen LogP contribution in [0.4, 0.5) is 0 Å². The number of phenols is 1. The molecule has 1 aromatic heterocycles. The van der Waals surface area contributed by atoms with Crippen LogP contribution in [0.1, 0.15) is 0 Å². The lowest BCUT2D eigenvalue weighted by Crippen LogP contribution is -2.61. The van der Waals surface area contributed by atoms with E-state index in [0.29, 0.717) is 5.75 Å². The summed E-state index contributed by atoms with van der Waals surface area (Å²) in [7, 11) is 1.40. The van der Waals surface area contributed by atoms with E-state index in [1.807, 2.05) is 0 Å².